The van der Waals surface area contributed by atoms with Crippen LogP contribution in [0.4, 0.5) is 0 Å². The normalized spacial score (nSPS) is 10.2. The fourth-order valence-corrected chi connectivity index (χ4v) is 1.60. The highest BCUT2D eigenvalue weighted by Gasteiger charge is 2.04. The fraction of sp³-hybridized carbons (Fsp3) is 0. The first-order valence-electron chi connectivity index (χ1n) is 3.43. The fourth-order valence-electron chi connectivity index (χ4n) is 0.861. The predicted molar refractivity (Wildman–Crippen MR) is 51.0 cm³/mol. The minimum Gasteiger partial charge on any atom is -0.255 e. The van der Waals surface area contributed by atoms with Crippen molar-refractivity contribution in [2.45, 2.75) is 0 Å². The van der Waals surface area contributed by atoms with Crippen molar-refractivity contribution in [1.29, 1.82) is 0 Å². The Hall–Kier alpha value is -1.20. The number of aromatic nitrogens is 3. The molecule has 0 unspecified atom stereocenters. The molecule has 2 rings (SSSR count). The van der Waals surface area contributed by atoms with E-state index in [1.54, 1.807) is 18.3 Å². The molecule has 0 atom stereocenters. The molecule has 0 aromatic carbocycles. The molecule has 0 aliphatic rings. The molecule has 0 fully saturated rings. The van der Waals surface area contributed by atoms with E-state index in [-0.39, 0.29) is 4.87 Å². The van der Waals surface area contributed by atoms with E-state index in [1.165, 1.54) is 0 Å². The summed E-state index contributed by atoms with van der Waals surface area (Å²) < 4.78 is 0. The van der Waals surface area contributed by atoms with Gasteiger partial charge in [0.1, 0.15) is 5.69 Å². The molecule has 2 aromatic heterocycles. The zero-order valence-electron chi connectivity index (χ0n) is 6.32. The van der Waals surface area contributed by atoms with E-state index in [0.717, 1.165) is 11.3 Å². The summed E-state index contributed by atoms with van der Waals surface area (Å²) in [6, 6.07) is 3.33. The lowest BCUT2D eigenvalue weighted by atomic mass is 10.4. The van der Waals surface area contributed by atoms with Crippen LogP contribution in [0, 0.1) is 0 Å². The van der Waals surface area contributed by atoms with Crippen molar-refractivity contribution in [1.82, 2.24) is 15.2 Å². The van der Waals surface area contributed by atoms with Gasteiger partial charge in [-0.2, -0.15) is 5.10 Å². The maximum atomic E-state index is 10.8. The summed E-state index contributed by atoms with van der Waals surface area (Å²) in [7, 11) is 0. The highest BCUT2D eigenvalue weighted by molar-refractivity contribution is 7.12. The topological polar surface area (TPSA) is 58.6 Å². The average molecular weight is 214 g/mol. The number of pyridine rings is 1. The van der Waals surface area contributed by atoms with Crippen molar-refractivity contribution in [2.24, 2.45) is 0 Å². The second-order valence-corrected chi connectivity index (χ2v) is 3.68. The quantitative estimate of drug-likeness (QED) is 0.782. The van der Waals surface area contributed by atoms with Gasteiger partial charge in [-0.3, -0.25) is 9.78 Å². The molecule has 0 saturated carbocycles. The second-order valence-electron chi connectivity index (χ2n) is 2.28. The van der Waals surface area contributed by atoms with Crippen molar-refractivity contribution in [3.63, 3.8) is 0 Å². The molecule has 2 aromatic rings. The van der Waals surface area contributed by atoms with Gasteiger partial charge in [0.2, 0.25) is 0 Å². The van der Waals surface area contributed by atoms with Gasteiger partial charge in [-0.25, -0.2) is 5.10 Å². The Morgan fingerprint density at radius 1 is 1.54 bits per heavy atom. The van der Waals surface area contributed by atoms with E-state index < -0.39 is 0 Å². The van der Waals surface area contributed by atoms with Crippen LogP contribution in [-0.4, -0.2) is 15.2 Å². The molecule has 1 N–H and O–H groups in total. The third-order valence-electron chi connectivity index (χ3n) is 1.38. The molecule has 4 nitrogen and oxygen atoms in total. The lowest BCUT2D eigenvalue weighted by Gasteiger charge is -1.93. The molecule has 0 bridgehead atoms. The van der Waals surface area contributed by atoms with Crippen LogP contribution in [0.2, 0.25) is 5.02 Å². The van der Waals surface area contributed by atoms with Gasteiger partial charge in [0.05, 0.1) is 0 Å². The van der Waals surface area contributed by atoms with E-state index in [0.29, 0.717) is 15.7 Å². The summed E-state index contributed by atoms with van der Waals surface area (Å²) in [4.78, 5) is 14.6. The second kappa shape index (κ2) is 3.27. The molecular weight excluding hydrogens is 210 g/mol. The molecule has 13 heavy (non-hydrogen) atoms. The maximum absolute atomic E-state index is 10.8. The van der Waals surface area contributed by atoms with Gasteiger partial charge in [-0.1, -0.05) is 22.9 Å². The molecule has 0 saturated heterocycles. The van der Waals surface area contributed by atoms with Crippen molar-refractivity contribution < 1.29 is 0 Å². The summed E-state index contributed by atoms with van der Waals surface area (Å²) >= 11 is 6.76. The summed E-state index contributed by atoms with van der Waals surface area (Å²) in [5, 5.41) is 7.23. The van der Waals surface area contributed by atoms with Crippen LogP contribution < -0.4 is 4.87 Å². The maximum Gasteiger partial charge on any atom is 0.322 e. The third kappa shape index (κ3) is 1.76. The SMILES string of the molecule is O=c1[nH]nc(-c2cc(Cl)ccn2)s1. The van der Waals surface area contributed by atoms with Gasteiger partial charge in [-0.05, 0) is 12.1 Å². The van der Waals surface area contributed by atoms with Crippen molar-refractivity contribution in [3.05, 3.63) is 33.0 Å². The molecule has 66 valence electrons. The standard InChI is InChI=1S/C7H4ClN3OS/c8-4-1-2-9-5(3-4)6-10-11-7(12)13-6/h1-3H,(H,11,12). The van der Waals surface area contributed by atoms with Crippen LogP contribution in [0.3, 0.4) is 0 Å². The number of hydrogen-bond donors (Lipinski definition) is 1. The van der Waals surface area contributed by atoms with Crippen molar-refractivity contribution >= 4 is 22.9 Å². The Morgan fingerprint density at radius 3 is 3.00 bits per heavy atom. The van der Waals surface area contributed by atoms with Crippen molar-refractivity contribution in [2.75, 3.05) is 0 Å². The van der Waals surface area contributed by atoms with Crippen LogP contribution in [0.5, 0.6) is 0 Å². The molecule has 0 radical (unpaired) electrons. The summed E-state index contributed by atoms with van der Waals surface area (Å²) in [6.07, 6.45) is 1.57. The van der Waals surface area contributed by atoms with Crippen molar-refractivity contribution in [3.8, 4) is 10.7 Å². The highest BCUT2D eigenvalue weighted by atomic mass is 35.5. The summed E-state index contributed by atoms with van der Waals surface area (Å²) in [6.45, 7) is 0. The third-order valence-corrected chi connectivity index (χ3v) is 2.38. The van der Waals surface area contributed by atoms with Gasteiger partial charge in [0.15, 0.2) is 5.01 Å². The number of H-pyrrole nitrogens is 1. The number of halogens is 1. The number of aromatic amines is 1. The van der Waals surface area contributed by atoms with Gasteiger partial charge in [0, 0.05) is 11.2 Å². The molecule has 0 aliphatic carbocycles. The summed E-state index contributed by atoms with van der Waals surface area (Å²) in [5.74, 6) is 0. The monoisotopic (exact) mass is 213 g/mol. The zero-order valence-corrected chi connectivity index (χ0v) is 7.89. The van der Waals surface area contributed by atoms with E-state index in [1.807, 2.05) is 0 Å². The lowest BCUT2D eigenvalue weighted by molar-refractivity contribution is 1.05. The molecule has 0 spiro atoms. The number of rotatable bonds is 1. The Morgan fingerprint density at radius 2 is 2.38 bits per heavy atom. The zero-order chi connectivity index (χ0) is 9.26. The van der Waals surface area contributed by atoms with Crippen LogP contribution in [0.15, 0.2) is 23.1 Å². The van der Waals surface area contributed by atoms with E-state index in [9.17, 15) is 4.79 Å². The first-order chi connectivity index (χ1) is 6.25. The predicted octanol–water partition coefficient (Wildman–Crippen LogP) is 1.55. The van der Waals surface area contributed by atoms with Crippen LogP contribution >= 0.6 is 22.9 Å². The molecule has 0 aliphatic heterocycles. The Kier molecular flexibility index (Phi) is 2.12. The van der Waals surface area contributed by atoms with Gasteiger partial charge in [-0.15, -0.1) is 0 Å². The van der Waals surface area contributed by atoms with E-state index in [4.69, 9.17) is 11.6 Å². The van der Waals surface area contributed by atoms with Crippen LogP contribution in [-0.2, 0) is 0 Å². The van der Waals surface area contributed by atoms with Gasteiger partial charge >= 0.3 is 4.87 Å². The molecule has 6 heteroatoms. The summed E-state index contributed by atoms with van der Waals surface area (Å²) in [5.41, 5.74) is 0.607. The largest absolute Gasteiger partial charge is 0.322 e. The minimum absolute atomic E-state index is 0.197. The van der Waals surface area contributed by atoms with Crippen LogP contribution in [0.25, 0.3) is 10.7 Å². The number of nitrogens with one attached hydrogen (secondary N) is 1. The average Bonchev–Trinajstić information content (AvgIpc) is 2.52. The lowest BCUT2D eigenvalue weighted by Crippen LogP contribution is -1.90. The number of hydrogen-bond acceptors (Lipinski definition) is 4. The molecular formula is C7H4ClN3OS. The first kappa shape index (κ1) is 8.40. The van der Waals surface area contributed by atoms with Crippen LogP contribution in [0.1, 0.15) is 0 Å². The van der Waals surface area contributed by atoms with Gasteiger partial charge in [0.25, 0.3) is 0 Å². The minimum atomic E-state index is -0.197. The Labute approximate surface area is 82.2 Å². The molecule has 2 heterocycles. The smallest absolute Gasteiger partial charge is 0.255 e. The Balaban J connectivity index is 2.52. The molecule has 0 amide bonds. The van der Waals surface area contributed by atoms with E-state index >= 15 is 0 Å². The highest BCUT2D eigenvalue weighted by Crippen LogP contribution is 2.18. The number of nitrogens with zero attached hydrogens (tertiary/aromatic N) is 2. The van der Waals surface area contributed by atoms with E-state index in [2.05, 4.69) is 15.2 Å². The van der Waals surface area contributed by atoms with Gasteiger partial charge < -0.3 is 0 Å². The Bertz CT molecular complexity index is 478. The first-order valence-corrected chi connectivity index (χ1v) is 4.62.